The first kappa shape index (κ1) is 11.2. The molecule has 0 unspecified atom stereocenters. The summed E-state index contributed by atoms with van der Waals surface area (Å²) in [6.07, 6.45) is 1.93. The molecule has 0 aliphatic heterocycles. The van der Waals surface area contributed by atoms with Gasteiger partial charge in [0.2, 0.25) is 0 Å². The minimum absolute atomic E-state index is 0.776. The first-order valence-electron chi connectivity index (χ1n) is 5.44. The van der Waals surface area contributed by atoms with E-state index in [0.29, 0.717) is 0 Å². The Kier molecular flexibility index (Phi) is 3.63. The quantitative estimate of drug-likeness (QED) is 0.711. The highest BCUT2D eigenvalue weighted by Gasteiger charge is 2.03. The van der Waals surface area contributed by atoms with Crippen molar-refractivity contribution in [2.75, 3.05) is 0 Å². The summed E-state index contributed by atoms with van der Waals surface area (Å²) in [6.45, 7) is 3.91. The van der Waals surface area contributed by atoms with Gasteiger partial charge in [0.15, 0.2) is 0 Å². The molecule has 0 aliphatic rings. The first-order valence-corrected chi connectivity index (χ1v) is 5.82. The molecule has 0 bridgehead atoms. The summed E-state index contributed by atoms with van der Waals surface area (Å²) in [5, 5.41) is 0.776. The molecule has 0 amide bonds. The lowest BCUT2D eigenvalue weighted by Crippen LogP contribution is -1.88. The maximum atomic E-state index is 5.89. The fourth-order valence-electron chi connectivity index (χ4n) is 1.84. The SMILES string of the molecule is [CH2]CCc1ccccc1-c1ccc(Cl)cc1. The van der Waals surface area contributed by atoms with Crippen LogP contribution in [0.5, 0.6) is 0 Å². The molecule has 0 saturated heterocycles. The van der Waals surface area contributed by atoms with Gasteiger partial charge < -0.3 is 0 Å². The van der Waals surface area contributed by atoms with Gasteiger partial charge in [-0.05, 0) is 41.7 Å². The summed E-state index contributed by atoms with van der Waals surface area (Å²) in [6, 6.07) is 16.4. The van der Waals surface area contributed by atoms with Crippen LogP contribution in [0, 0.1) is 6.92 Å². The molecule has 0 atom stereocenters. The van der Waals surface area contributed by atoms with Gasteiger partial charge in [0.25, 0.3) is 0 Å². The zero-order chi connectivity index (χ0) is 11.4. The number of hydrogen-bond acceptors (Lipinski definition) is 0. The minimum Gasteiger partial charge on any atom is -0.0843 e. The first-order chi connectivity index (χ1) is 7.81. The molecule has 0 aromatic heterocycles. The number of benzene rings is 2. The van der Waals surface area contributed by atoms with Crippen LogP contribution in [0.25, 0.3) is 11.1 Å². The molecule has 0 fully saturated rings. The number of hydrogen-bond donors (Lipinski definition) is 0. The number of aryl methyl sites for hydroxylation is 1. The third kappa shape index (κ3) is 2.45. The Morgan fingerprint density at radius 1 is 0.938 bits per heavy atom. The van der Waals surface area contributed by atoms with E-state index in [0.717, 1.165) is 17.9 Å². The largest absolute Gasteiger partial charge is 0.0843 e. The third-order valence-electron chi connectivity index (χ3n) is 2.62. The third-order valence-corrected chi connectivity index (χ3v) is 2.87. The lowest BCUT2D eigenvalue weighted by atomic mass is 9.97. The van der Waals surface area contributed by atoms with Crippen molar-refractivity contribution in [1.82, 2.24) is 0 Å². The van der Waals surface area contributed by atoms with Crippen molar-refractivity contribution in [1.29, 1.82) is 0 Å². The van der Waals surface area contributed by atoms with E-state index in [2.05, 4.69) is 43.3 Å². The monoisotopic (exact) mass is 229 g/mol. The van der Waals surface area contributed by atoms with Crippen LogP contribution in [0.1, 0.15) is 12.0 Å². The van der Waals surface area contributed by atoms with Gasteiger partial charge in [-0.25, -0.2) is 0 Å². The maximum absolute atomic E-state index is 5.89. The van der Waals surface area contributed by atoms with Gasteiger partial charge >= 0.3 is 0 Å². The smallest absolute Gasteiger partial charge is 0.0406 e. The average molecular weight is 230 g/mol. The summed E-state index contributed by atoms with van der Waals surface area (Å²) in [7, 11) is 0. The van der Waals surface area contributed by atoms with E-state index < -0.39 is 0 Å². The zero-order valence-corrected chi connectivity index (χ0v) is 9.87. The molecule has 1 radical (unpaired) electrons. The molecule has 1 heteroatoms. The molecule has 81 valence electrons. The Morgan fingerprint density at radius 2 is 1.62 bits per heavy atom. The van der Waals surface area contributed by atoms with Crippen molar-refractivity contribution < 1.29 is 0 Å². The molecular weight excluding hydrogens is 216 g/mol. The second-order valence-corrected chi connectivity index (χ2v) is 4.20. The Hall–Kier alpha value is -1.27. The van der Waals surface area contributed by atoms with Crippen LogP contribution in [0.3, 0.4) is 0 Å². The highest BCUT2D eigenvalue weighted by Crippen LogP contribution is 2.25. The lowest BCUT2D eigenvalue weighted by molar-refractivity contribution is 1.00. The van der Waals surface area contributed by atoms with Gasteiger partial charge in [0, 0.05) is 5.02 Å². The molecule has 2 aromatic carbocycles. The zero-order valence-electron chi connectivity index (χ0n) is 9.12. The Labute approximate surface area is 102 Å². The fraction of sp³-hybridized carbons (Fsp3) is 0.133. The van der Waals surface area contributed by atoms with E-state index in [4.69, 9.17) is 11.6 Å². The van der Waals surface area contributed by atoms with Gasteiger partial charge in [-0.2, -0.15) is 0 Å². The molecule has 0 saturated carbocycles. The van der Waals surface area contributed by atoms with Gasteiger partial charge in [0.05, 0.1) is 0 Å². The number of rotatable bonds is 3. The van der Waals surface area contributed by atoms with Crippen LogP contribution in [-0.4, -0.2) is 0 Å². The topological polar surface area (TPSA) is 0 Å². The normalized spacial score (nSPS) is 10.4. The molecule has 0 nitrogen and oxygen atoms in total. The molecule has 2 aromatic rings. The van der Waals surface area contributed by atoms with E-state index in [1.54, 1.807) is 0 Å². The molecule has 2 rings (SSSR count). The van der Waals surface area contributed by atoms with Crippen molar-refractivity contribution in [3.05, 3.63) is 66.0 Å². The Morgan fingerprint density at radius 3 is 2.31 bits per heavy atom. The summed E-state index contributed by atoms with van der Waals surface area (Å²) < 4.78 is 0. The van der Waals surface area contributed by atoms with Crippen LogP contribution in [-0.2, 0) is 6.42 Å². The lowest BCUT2D eigenvalue weighted by Gasteiger charge is -2.08. The predicted molar refractivity (Wildman–Crippen MR) is 70.6 cm³/mol. The van der Waals surface area contributed by atoms with E-state index in [-0.39, 0.29) is 0 Å². The molecular formula is C15H14Cl. The van der Waals surface area contributed by atoms with Crippen LogP contribution in [0.4, 0.5) is 0 Å². The molecule has 0 heterocycles. The highest BCUT2D eigenvalue weighted by molar-refractivity contribution is 6.30. The Balaban J connectivity index is 2.42. The van der Waals surface area contributed by atoms with Crippen molar-refractivity contribution in [2.24, 2.45) is 0 Å². The summed E-state index contributed by atoms with van der Waals surface area (Å²) in [4.78, 5) is 0. The molecule has 0 aliphatic carbocycles. The summed E-state index contributed by atoms with van der Waals surface area (Å²) in [5.41, 5.74) is 3.84. The van der Waals surface area contributed by atoms with Gasteiger partial charge in [0.1, 0.15) is 0 Å². The van der Waals surface area contributed by atoms with E-state index in [9.17, 15) is 0 Å². The summed E-state index contributed by atoms with van der Waals surface area (Å²) in [5.74, 6) is 0. The van der Waals surface area contributed by atoms with E-state index >= 15 is 0 Å². The second-order valence-electron chi connectivity index (χ2n) is 3.77. The van der Waals surface area contributed by atoms with Crippen molar-refractivity contribution in [3.63, 3.8) is 0 Å². The van der Waals surface area contributed by atoms with Gasteiger partial charge in [-0.1, -0.05) is 54.9 Å². The highest BCUT2D eigenvalue weighted by atomic mass is 35.5. The molecule has 0 N–H and O–H groups in total. The maximum Gasteiger partial charge on any atom is 0.0406 e. The van der Waals surface area contributed by atoms with Crippen molar-refractivity contribution in [2.45, 2.75) is 12.8 Å². The van der Waals surface area contributed by atoms with Gasteiger partial charge in [-0.15, -0.1) is 0 Å². The molecule has 0 spiro atoms. The standard InChI is InChI=1S/C15H14Cl/c1-2-5-12-6-3-4-7-15(12)13-8-10-14(16)11-9-13/h3-4,6-11H,1-2,5H2. The summed E-state index contributed by atoms with van der Waals surface area (Å²) >= 11 is 5.89. The van der Waals surface area contributed by atoms with Crippen LogP contribution in [0.15, 0.2) is 48.5 Å². The van der Waals surface area contributed by atoms with Crippen molar-refractivity contribution >= 4 is 11.6 Å². The fourth-order valence-corrected chi connectivity index (χ4v) is 1.97. The Bertz CT molecular complexity index is 457. The van der Waals surface area contributed by atoms with Crippen molar-refractivity contribution in [3.8, 4) is 11.1 Å². The van der Waals surface area contributed by atoms with Gasteiger partial charge in [-0.3, -0.25) is 0 Å². The minimum atomic E-state index is 0.776. The average Bonchev–Trinajstić information content (AvgIpc) is 2.32. The van der Waals surface area contributed by atoms with E-state index in [1.807, 2.05) is 12.1 Å². The second kappa shape index (κ2) is 5.18. The number of halogens is 1. The van der Waals surface area contributed by atoms with E-state index in [1.165, 1.54) is 16.7 Å². The van der Waals surface area contributed by atoms with Crippen LogP contribution in [0.2, 0.25) is 5.02 Å². The van der Waals surface area contributed by atoms with Crippen LogP contribution >= 0.6 is 11.6 Å². The predicted octanol–water partition coefficient (Wildman–Crippen LogP) is 4.77. The van der Waals surface area contributed by atoms with Crippen LogP contribution < -0.4 is 0 Å². The molecule has 16 heavy (non-hydrogen) atoms.